The number of Topliss-reactive ketones (excluding diaryl/α,β-unsaturated/α-hetero) is 1. The van der Waals surface area contributed by atoms with Gasteiger partial charge in [-0.1, -0.05) is 187 Å². The number of para-hydroxylation sites is 3. The summed E-state index contributed by atoms with van der Waals surface area (Å²) >= 11 is 0. The Morgan fingerprint density at radius 3 is 1.01 bits per heavy atom. The second-order valence-electron chi connectivity index (χ2n) is 29.6. The van der Waals surface area contributed by atoms with Crippen molar-refractivity contribution in [2.24, 2.45) is 47.3 Å². The Hall–Kier alpha value is -8.29. The van der Waals surface area contributed by atoms with Gasteiger partial charge in [0.1, 0.15) is 0 Å². The number of nitrogens with zero attached hydrogens (tertiary/aromatic N) is 2. The van der Waals surface area contributed by atoms with E-state index in [2.05, 4.69) is 43.0 Å². The van der Waals surface area contributed by atoms with Crippen LogP contribution in [0.4, 0.5) is 17.1 Å². The lowest BCUT2D eigenvalue weighted by molar-refractivity contribution is -0.149. The smallest absolute Gasteiger partial charge is 0.334 e. The Bertz CT molecular complexity index is 3100. The lowest BCUT2D eigenvalue weighted by Crippen LogP contribution is -2.56. The van der Waals surface area contributed by atoms with E-state index in [1.54, 1.807) is 60.7 Å². The predicted octanol–water partition coefficient (Wildman–Crippen LogP) is 9.44. The van der Waals surface area contributed by atoms with E-state index in [4.69, 9.17) is 5.11 Å². The zero-order valence-electron chi connectivity index (χ0n) is 62.5. The van der Waals surface area contributed by atoms with Gasteiger partial charge in [0.05, 0.1) is 41.2 Å². The number of carboxylic acid groups (broad SMARTS) is 1. The van der Waals surface area contributed by atoms with E-state index >= 15 is 0 Å². The van der Waals surface area contributed by atoms with Crippen molar-refractivity contribution in [2.45, 2.75) is 266 Å². The van der Waals surface area contributed by atoms with Crippen LogP contribution in [-0.4, -0.2) is 128 Å². The summed E-state index contributed by atoms with van der Waals surface area (Å²) in [5, 5.41) is 53.2. The minimum absolute atomic E-state index is 0.00360. The van der Waals surface area contributed by atoms with Crippen LogP contribution in [0.3, 0.4) is 0 Å². The van der Waals surface area contributed by atoms with Crippen molar-refractivity contribution in [3.8, 4) is 0 Å². The first-order valence-electron chi connectivity index (χ1n) is 37.4. The highest BCUT2D eigenvalue weighted by molar-refractivity contribution is 6.39. The minimum Gasteiger partial charge on any atom is -0.479 e. The number of aliphatic hydroxyl groups excluding tert-OH is 3. The molecular weight excluding hydrogens is 1320 g/mol. The number of carboxylic acids is 1. The summed E-state index contributed by atoms with van der Waals surface area (Å²) < 4.78 is 0. The number of hydrazine groups is 3. The third-order valence-corrected chi connectivity index (χ3v) is 18.8. The molecular formula is C78H120N10O15. The van der Waals surface area contributed by atoms with Gasteiger partial charge in [0.25, 0.3) is 11.8 Å². The fraction of sp³-hybridized carbons (Fsp3) is 0.628. The summed E-state index contributed by atoms with van der Waals surface area (Å²) in [4.78, 5) is 135. The predicted molar refractivity (Wildman–Crippen MR) is 396 cm³/mol. The molecule has 12 N–H and O–H groups in total. The van der Waals surface area contributed by atoms with Crippen LogP contribution in [0.15, 0.2) is 91.0 Å². The normalized spacial score (nSPS) is 17.1. The topological polar surface area (TPSA) is 371 Å². The molecule has 25 nitrogen and oxygen atoms in total. The molecule has 3 aromatic rings. The van der Waals surface area contributed by atoms with Crippen molar-refractivity contribution in [3.05, 3.63) is 91.0 Å². The lowest BCUT2D eigenvalue weighted by atomic mass is 9.88. The zero-order valence-corrected chi connectivity index (χ0v) is 62.5. The van der Waals surface area contributed by atoms with Gasteiger partial charge in [0.15, 0.2) is 18.3 Å². The average Bonchev–Trinajstić information content (AvgIpc) is 0.863. The van der Waals surface area contributed by atoms with Crippen LogP contribution >= 0.6 is 0 Å². The molecule has 0 bridgehead atoms. The van der Waals surface area contributed by atoms with Crippen LogP contribution in [0.25, 0.3) is 0 Å². The molecule has 0 aliphatic heterocycles. The van der Waals surface area contributed by atoms with Gasteiger partial charge in [-0.05, 0) is 137 Å². The third kappa shape index (κ3) is 32.1. The van der Waals surface area contributed by atoms with Crippen molar-refractivity contribution >= 4 is 82.0 Å². The van der Waals surface area contributed by atoms with Gasteiger partial charge in [0, 0.05) is 37.5 Å². The Balaban J connectivity index is 0.000000294. The maximum absolute atomic E-state index is 12.8. The van der Waals surface area contributed by atoms with Crippen LogP contribution in [0.5, 0.6) is 0 Å². The molecule has 9 amide bonds. The molecule has 103 heavy (non-hydrogen) atoms. The molecule has 7 atom stereocenters. The van der Waals surface area contributed by atoms with E-state index in [0.717, 1.165) is 138 Å². The number of rotatable bonds is 28. The Morgan fingerprint density at radius 2 is 0.689 bits per heavy atom. The first kappa shape index (κ1) is 87.1. The maximum Gasteiger partial charge on any atom is 0.334 e. The molecule has 4 aliphatic carbocycles. The number of anilines is 3. The molecule has 25 heteroatoms. The van der Waals surface area contributed by atoms with Gasteiger partial charge >= 0.3 is 11.9 Å². The average molecular weight is 1440 g/mol. The largest absolute Gasteiger partial charge is 0.479 e. The van der Waals surface area contributed by atoms with Crippen LogP contribution in [0.2, 0.25) is 0 Å². The molecule has 0 heterocycles. The maximum atomic E-state index is 12.8. The number of carbonyl (C=O) groups is 11. The number of amides is 9. The Morgan fingerprint density at radius 1 is 0.388 bits per heavy atom. The summed E-state index contributed by atoms with van der Waals surface area (Å²) in [6, 6.07) is 23.5. The molecule has 572 valence electrons. The molecule has 0 aromatic heterocycles. The summed E-state index contributed by atoms with van der Waals surface area (Å²) in [7, 11) is 0. The number of hydrogen-bond donors (Lipinski definition) is 12. The van der Waals surface area contributed by atoms with Gasteiger partial charge in [-0.2, -0.15) is 0 Å². The van der Waals surface area contributed by atoms with E-state index in [0.29, 0.717) is 37.1 Å². The number of benzene rings is 3. The van der Waals surface area contributed by atoms with Crippen molar-refractivity contribution in [2.75, 3.05) is 15.4 Å². The molecule has 7 rings (SSSR count). The van der Waals surface area contributed by atoms with Crippen molar-refractivity contribution in [3.63, 3.8) is 0 Å². The van der Waals surface area contributed by atoms with Gasteiger partial charge < -0.3 is 41.7 Å². The van der Waals surface area contributed by atoms with Gasteiger partial charge in [-0.3, -0.25) is 69.6 Å². The standard InChI is InChI=1S/C22H33N3O4.C22H31N3O4.C20H31N3O3.C14H25NO4/c2*1-15(2)14-19(23-21(28)17-10-6-4-7-11-17)20(27)22(29)24-25(16(3)26)18-12-8-5-9-13-18;1-14(2)13-17(21-19(25)15-9-5-3-6-10-15)18(24)20(26)23-22-16-11-7-4-8-12-16;1-9(2)8-11(12(16)14(18)19)15-13(17)10-6-4-3-5-7-10/h5,8-9,12-13,15,17,19-20,27H,4,6-7,10-11,14H2,1-3H3,(H,23,28)(H,24,29);5,8-9,12-13,15,17,19H,4,6-7,10-11,14H2,1-3H3,(H,23,28)(H,24,29);4,7-8,11-12,14-15,17-18,22,24H,3,5-6,9-10,13H2,1-2H3,(H,21,25)(H,23,26);9-12,16H,3-8H2,1-2H3,(H,15,17)(H,18,19)/t19-,20?;19-;17-,18?;11-,12?/m0000/s1. The van der Waals surface area contributed by atoms with Gasteiger partial charge in [-0.25, -0.2) is 14.8 Å². The molecule has 0 spiro atoms. The summed E-state index contributed by atoms with van der Waals surface area (Å²) in [5.74, 6) is -4.90. The number of hydrogen-bond acceptors (Lipinski definition) is 15. The fourth-order valence-corrected chi connectivity index (χ4v) is 13.2. The molecule has 4 aliphatic rings. The third-order valence-electron chi connectivity index (χ3n) is 18.8. The van der Waals surface area contributed by atoms with E-state index in [-0.39, 0.29) is 76.9 Å². The Kier molecular flexibility index (Phi) is 39.3. The quantitative estimate of drug-likeness (QED) is 0.0238. The molecule has 4 fully saturated rings. The van der Waals surface area contributed by atoms with E-state index in [1.807, 2.05) is 85.7 Å². The minimum atomic E-state index is -1.53. The SMILES string of the molecule is CC(=O)N(NC(=O)C(=O)[C@H](CC(C)C)NC(=O)C1CCCCC1)c1ccccc1.CC(=O)N(NC(=O)C(O)[C@H](CC(C)C)NC(=O)C1CCCCC1)c1ccccc1.CC(C)C[C@H](NC(=O)C1CCCCC1)C(O)C(=O)NNc1ccccc1.CC(C)C[C@H](NC(=O)C1CCCCC1)C(O)C(=O)O. The molecule has 4 saturated carbocycles. The second-order valence-corrected chi connectivity index (χ2v) is 29.6. The number of aliphatic hydroxyl groups is 3. The second kappa shape index (κ2) is 46.4. The van der Waals surface area contributed by atoms with Crippen molar-refractivity contribution in [1.82, 2.24) is 37.5 Å². The monoisotopic (exact) mass is 1440 g/mol. The van der Waals surface area contributed by atoms with Crippen molar-refractivity contribution in [1.29, 1.82) is 0 Å². The van der Waals surface area contributed by atoms with Gasteiger partial charge in [0.2, 0.25) is 41.2 Å². The molecule has 0 saturated heterocycles. The van der Waals surface area contributed by atoms with Crippen LogP contribution < -0.4 is 53.0 Å². The first-order valence-corrected chi connectivity index (χ1v) is 37.4. The number of ketones is 1. The van der Waals surface area contributed by atoms with E-state index in [1.165, 1.54) is 20.3 Å². The number of nitrogens with one attached hydrogen (secondary N) is 8. The highest BCUT2D eigenvalue weighted by Gasteiger charge is 2.36. The summed E-state index contributed by atoms with van der Waals surface area (Å²) in [6.45, 7) is 18.3. The molecule has 0 radical (unpaired) electrons. The summed E-state index contributed by atoms with van der Waals surface area (Å²) in [5.41, 5.74) is 11.8. The lowest BCUT2D eigenvalue weighted by Gasteiger charge is -2.30. The van der Waals surface area contributed by atoms with E-state index < -0.39 is 77.9 Å². The van der Waals surface area contributed by atoms with Crippen LogP contribution in [-0.2, 0) is 52.7 Å². The number of carbonyl (C=O) groups excluding carboxylic acids is 10. The molecule has 3 unspecified atom stereocenters. The molecule has 3 aromatic carbocycles. The number of aliphatic carboxylic acids is 1. The zero-order chi connectivity index (χ0) is 76.1. The highest BCUT2D eigenvalue weighted by Crippen LogP contribution is 2.28. The first-order chi connectivity index (χ1) is 49.0. The Labute approximate surface area is 609 Å². The van der Waals surface area contributed by atoms with Gasteiger partial charge in [-0.15, -0.1) is 0 Å². The fourth-order valence-electron chi connectivity index (χ4n) is 13.2. The van der Waals surface area contributed by atoms with Crippen molar-refractivity contribution < 1.29 is 73.2 Å². The van der Waals surface area contributed by atoms with Crippen LogP contribution in [0, 0.1) is 47.3 Å². The summed E-state index contributed by atoms with van der Waals surface area (Å²) in [6.07, 6.45) is 17.2. The van der Waals surface area contributed by atoms with E-state index in [9.17, 15) is 68.1 Å². The van der Waals surface area contributed by atoms with Crippen LogP contribution in [0.1, 0.15) is 223 Å². The highest BCUT2D eigenvalue weighted by atomic mass is 16.4.